The van der Waals surface area contributed by atoms with Gasteiger partial charge in [-0.15, -0.1) is 24.8 Å². The summed E-state index contributed by atoms with van der Waals surface area (Å²) in [5, 5.41) is 0. The maximum absolute atomic E-state index is 12.4. The number of likely N-dealkylation sites (tertiary alicyclic amines) is 1. The average molecular weight is 373 g/mol. The van der Waals surface area contributed by atoms with Gasteiger partial charge >= 0.3 is 0 Å². The number of nitrogens with zero attached hydrogens (tertiary/aromatic N) is 3. The molecule has 0 aliphatic carbocycles. The number of piperidine rings is 1. The molecule has 2 N–H and O–H groups in total. The molecule has 7 heteroatoms. The minimum Gasteiger partial charge on any atom is -0.342 e. The van der Waals surface area contributed by atoms with Crippen LogP contribution in [-0.2, 0) is 11.3 Å². The van der Waals surface area contributed by atoms with Crippen molar-refractivity contribution in [2.24, 2.45) is 11.7 Å². The number of para-hydroxylation sites is 2. The summed E-state index contributed by atoms with van der Waals surface area (Å²) in [5.74, 6) is 0.662. The molecule has 2 heterocycles. The summed E-state index contributed by atoms with van der Waals surface area (Å²) in [6.07, 6.45) is 4.53. The number of imidazole rings is 1. The van der Waals surface area contributed by atoms with E-state index in [1.54, 1.807) is 0 Å². The van der Waals surface area contributed by atoms with Crippen molar-refractivity contribution in [3.05, 3.63) is 30.6 Å². The second kappa shape index (κ2) is 9.25. The number of fused-ring (bicyclic) bond motifs is 1. The van der Waals surface area contributed by atoms with Crippen LogP contribution < -0.4 is 5.73 Å². The minimum absolute atomic E-state index is 0. The second-order valence-corrected chi connectivity index (χ2v) is 6.28. The predicted octanol–water partition coefficient (Wildman–Crippen LogP) is 2.86. The topological polar surface area (TPSA) is 64.2 Å². The zero-order valence-corrected chi connectivity index (χ0v) is 15.6. The molecule has 0 saturated carbocycles. The van der Waals surface area contributed by atoms with Gasteiger partial charge in [0, 0.05) is 32.1 Å². The quantitative estimate of drug-likeness (QED) is 0.896. The molecule has 1 aromatic carbocycles. The normalized spacial score (nSPS) is 18.6. The number of benzene rings is 1. The number of aromatic nitrogens is 2. The number of aryl methyl sites for hydroxylation is 1. The smallest absolute Gasteiger partial charge is 0.224 e. The molecule has 5 nitrogen and oxygen atoms in total. The van der Waals surface area contributed by atoms with Gasteiger partial charge in [-0.3, -0.25) is 4.79 Å². The molecule has 3 rings (SSSR count). The molecular weight excluding hydrogens is 347 g/mol. The lowest BCUT2D eigenvalue weighted by atomic mass is 9.92. The molecular formula is C17H26Cl2N4O. The summed E-state index contributed by atoms with van der Waals surface area (Å²) < 4.78 is 2.06. The Bertz CT molecular complexity index is 659. The standard InChI is InChI=1S/C17H24N4O.2ClH/c1-13(18)14-5-4-9-20(11-14)17(22)8-10-21-12-19-15-6-2-3-7-16(15)21;;/h2-3,6-7,12-14H,4-5,8-11,18H2,1H3;2*1H. The monoisotopic (exact) mass is 372 g/mol. The summed E-state index contributed by atoms with van der Waals surface area (Å²) >= 11 is 0. The van der Waals surface area contributed by atoms with E-state index in [1.165, 1.54) is 0 Å². The number of rotatable bonds is 4. The van der Waals surface area contributed by atoms with E-state index in [1.807, 2.05) is 42.4 Å². The van der Waals surface area contributed by atoms with Gasteiger partial charge in [0.25, 0.3) is 0 Å². The summed E-state index contributed by atoms with van der Waals surface area (Å²) in [6.45, 7) is 4.39. The number of nitrogens with two attached hydrogens (primary N) is 1. The molecule has 1 aromatic heterocycles. The van der Waals surface area contributed by atoms with Gasteiger partial charge in [-0.05, 0) is 37.8 Å². The van der Waals surface area contributed by atoms with Crippen LogP contribution in [0.5, 0.6) is 0 Å². The summed E-state index contributed by atoms with van der Waals surface area (Å²) in [6, 6.07) is 8.17. The Morgan fingerprint density at radius 3 is 2.88 bits per heavy atom. The van der Waals surface area contributed by atoms with Crippen LogP contribution in [0.2, 0.25) is 0 Å². The average Bonchev–Trinajstić information content (AvgIpc) is 2.96. The van der Waals surface area contributed by atoms with Crippen LogP contribution in [0, 0.1) is 5.92 Å². The third kappa shape index (κ3) is 4.62. The molecule has 0 radical (unpaired) electrons. The molecule has 134 valence electrons. The molecule has 2 aromatic rings. The van der Waals surface area contributed by atoms with Gasteiger partial charge < -0.3 is 15.2 Å². The molecule has 1 amide bonds. The summed E-state index contributed by atoms with van der Waals surface area (Å²) in [7, 11) is 0. The Kier molecular flexibility index (Phi) is 8.00. The maximum Gasteiger partial charge on any atom is 0.224 e. The van der Waals surface area contributed by atoms with Crippen molar-refractivity contribution in [2.75, 3.05) is 13.1 Å². The van der Waals surface area contributed by atoms with E-state index in [-0.39, 0.29) is 36.8 Å². The van der Waals surface area contributed by atoms with Gasteiger partial charge in [0.15, 0.2) is 0 Å². The largest absolute Gasteiger partial charge is 0.342 e. The van der Waals surface area contributed by atoms with Crippen LogP contribution in [0.3, 0.4) is 0 Å². The highest BCUT2D eigenvalue weighted by Crippen LogP contribution is 2.20. The fourth-order valence-electron chi connectivity index (χ4n) is 3.23. The summed E-state index contributed by atoms with van der Waals surface area (Å²) in [4.78, 5) is 18.8. The zero-order valence-electron chi connectivity index (χ0n) is 13.9. The van der Waals surface area contributed by atoms with Crippen molar-refractivity contribution in [1.82, 2.24) is 14.5 Å². The van der Waals surface area contributed by atoms with Crippen molar-refractivity contribution >= 4 is 41.8 Å². The van der Waals surface area contributed by atoms with Crippen LogP contribution in [0.1, 0.15) is 26.2 Å². The van der Waals surface area contributed by atoms with Gasteiger partial charge in [0.2, 0.25) is 5.91 Å². The third-order valence-corrected chi connectivity index (χ3v) is 4.65. The van der Waals surface area contributed by atoms with Gasteiger partial charge in [-0.25, -0.2) is 4.98 Å². The van der Waals surface area contributed by atoms with Crippen LogP contribution in [0.15, 0.2) is 30.6 Å². The molecule has 2 atom stereocenters. The van der Waals surface area contributed by atoms with E-state index >= 15 is 0 Å². The Hall–Kier alpha value is -1.30. The Morgan fingerprint density at radius 1 is 1.38 bits per heavy atom. The van der Waals surface area contributed by atoms with Crippen LogP contribution in [0.25, 0.3) is 11.0 Å². The predicted molar refractivity (Wildman–Crippen MR) is 102 cm³/mol. The Balaban J connectivity index is 0.00000144. The van der Waals surface area contributed by atoms with E-state index < -0.39 is 0 Å². The van der Waals surface area contributed by atoms with Crippen LogP contribution >= 0.6 is 24.8 Å². The van der Waals surface area contributed by atoms with Gasteiger partial charge in [-0.2, -0.15) is 0 Å². The SMILES string of the molecule is CC(N)C1CCCN(C(=O)CCn2cnc3ccccc32)C1.Cl.Cl. The van der Waals surface area contributed by atoms with Gasteiger partial charge in [-0.1, -0.05) is 12.1 Å². The zero-order chi connectivity index (χ0) is 15.5. The lowest BCUT2D eigenvalue weighted by Crippen LogP contribution is -2.45. The fraction of sp³-hybridized carbons (Fsp3) is 0.529. The van der Waals surface area contributed by atoms with E-state index in [0.717, 1.165) is 37.0 Å². The molecule has 0 bridgehead atoms. The number of carbonyl (C=O) groups excluding carboxylic acids is 1. The first kappa shape index (κ1) is 20.7. The fourth-order valence-corrected chi connectivity index (χ4v) is 3.23. The number of amides is 1. The van der Waals surface area contributed by atoms with Crippen molar-refractivity contribution in [2.45, 2.75) is 38.8 Å². The van der Waals surface area contributed by atoms with Gasteiger partial charge in [0.1, 0.15) is 0 Å². The van der Waals surface area contributed by atoms with Gasteiger partial charge in [0.05, 0.1) is 17.4 Å². The molecule has 1 aliphatic heterocycles. The number of carbonyl (C=O) groups is 1. The van der Waals surface area contributed by atoms with E-state index in [2.05, 4.69) is 9.55 Å². The maximum atomic E-state index is 12.4. The lowest BCUT2D eigenvalue weighted by molar-refractivity contribution is -0.133. The molecule has 1 saturated heterocycles. The van der Waals surface area contributed by atoms with Crippen molar-refractivity contribution < 1.29 is 4.79 Å². The number of halogens is 2. The first-order valence-corrected chi connectivity index (χ1v) is 8.08. The summed E-state index contributed by atoms with van der Waals surface area (Å²) in [5.41, 5.74) is 8.05. The Labute approximate surface area is 155 Å². The van der Waals surface area contributed by atoms with Crippen molar-refractivity contribution in [1.29, 1.82) is 0 Å². The molecule has 2 unspecified atom stereocenters. The third-order valence-electron chi connectivity index (χ3n) is 4.65. The molecule has 24 heavy (non-hydrogen) atoms. The van der Waals surface area contributed by atoms with Crippen molar-refractivity contribution in [3.63, 3.8) is 0 Å². The highest BCUT2D eigenvalue weighted by molar-refractivity contribution is 5.85. The van der Waals surface area contributed by atoms with E-state index in [9.17, 15) is 4.79 Å². The first-order valence-electron chi connectivity index (χ1n) is 8.08. The van der Waals surface area contributed by atoms with Crippen LogP contribution in [0.4, 0.5) is 0 Å². The first-order chi connectivity index (χ1) is 10.6. The Morgan fingerprint density at radius 2 is 2.12 bits per heavy atom. The second-order valence-electron chi connectivity index (χ2n) is 6.28. The molecule has 0 spiro atoms. The molecule has 1 fully saturated rings. The van der Waals surface area contributed by atoms with Crippen LogP contribution in [-0.4, -0.2) is 39.5 Å². The van der Waals surface area contributed by atoms with E-state index in [0.29, 0.717) is 18.9 Å². The highest BCUT2D eigenvalue weighted by Gasteiger charge is 2.25. The highest BCUT2D eigenvalue weighted by atomic mass is 35.5. The number of hydrogen-bond donors (Lipinski definition) is 1. The number of hydrogen-bond acceptors (Lipinski definition) is 3. The minimum atomic E-state index is 0. The molecule has 1 aliphatic rings. The lowest BCUT2D eigenvalue weighted by Gasteiger charge is -2.34. The van der Waals surface area contributed by atoms with E-state index in [4.69, 9.17) is 5.73 Å². The van der Waals surface area contributed by atoms with Crippen molar-refractivity contribution in [3.8, 4) is 0 Å².